The van der Waals surface area contributed by atoms with E-state index in [4.69, 9.17) is 18.6 Å². The van der Waals surface area contributed by atoms with Crippen molar-refractivity contribution in [2.24, 2.45) is 7.05 Å². The van der Waals surface area contributed by atoms with Crippen LogP contribution in [0.4, 0.5) is 0 Å². The standard InChI is InChI=1S/C29H28N2S.C15H16.C8H10S.C2H6/c1-4-25-26-20-24(22-13-8-5-6-9-14-22)17-12-18-27(26)31(3)28(25)19-21(2)30-29(32)23-15-10-7-11-16-23;1-4-8-14(9-5-2)15-11-7-6-10-13(3)12-15;1-7-5-3-4-6-8(7)9-2;1-2/h4-13,15-17,19-20H,1,14,18H2,2-3H3,(H,30,32);1,5-6,8-12H,7H2,2-3H3;3-6H,1-2H3;1-2H3/b21-19+;9-5-,14-8+;;. The Kier molecular flexibility index (Phi) is 20.7. The number of aromatic nitrogens is 1. The van der Waals surface area contributed by atoms with Crippen LogP contribution < -0.4 is 5.32 Å². The van der Waals surface area contributed by atoms with E-state index in [0.717, 1.165) is 52.3 Å². The Morgan fingerprint density at radius 3 is 2.36 bits per heavy atom. The summed E-state index contributed by atoms with van der Waals surface area (Å²) in [5.41, 5.74) is 14.3. The summed E-state index contributed by atoms with van der Waals surface area (Å²) in [6.07, 6.45) is 46.3. The third-order valence-electron chi connectivity index (χ3n) is 9.29. The molecule has 58 heavy (non-hydrogen) atoms. The van der Waals surface area contributed by atoms with Crippen molar-refractivity contribution >= 4 is 47.2 Å². The number of hydrogen-bond donors (Lipinski definition) is 1. The van der Waals surface area contributed by atoms with Gasteiger partial charge in [-0.1, -0.05) is 178 Å². The predicted octanol–water partition coefficient (Wildman–Crippen LogP) is 14.6. The molecule has 1 aromatic heterocycles. The molecule has 0 saturated heterocycles. The van der Waals surface area contributed by atoms with Crippen LogP contribution in [-0.2, 0) is 13.5 Å². The summed E-state index contributed by atoms with van der Waals surface area (Å²) < 4.78 is 2.27. The predicted molar refractivity (Wildman–Crippen MR) is 264 cm³/mol. The topological polar surface area (TPSA) is 17.0 Å². The lowest BCUT2D eigenvalue weighted by molar-refractivity contribution is 0.845. The number of allylic oxidation sites excluding steroid dienone is 20. The Bertz CT molecular complexity index is 2260. The maximum Gasteiger partial charge on any atom is 0.110 e. The van der Waals surface area contributed by atoms with E-state index in [-0.39, 0.29) is 0 Å². The summed E-state index contributed by atoms with van der Waals surface area (Å²) in [7, 11) is 2.13. The fraction of sp³-hybridized carbons (Fsp3) is 0.204. The average molecular weight is 801 g/mol. The van der Waals surface area contributed by atoms with Crippen LogP contribution in [0.1, 0.15) is 81.1 Å². The first-order chi connectivity index (χ1) is 28.2. The molecule has 4 heteroatoms. The maximum atomic E-state index is 5.60. The Labute approximate surface area is 360 Å². The minimum atomic E-state index is 0.724. The maximum absolute atomic E-state index is 5.60. The molecule has 3 aliphatic carbocycles. The van der Waals surface area contributed by atoms with Crippen molar-refractivity contribution in [2.45, 2.75) is 65.7 Å². The largest absolute Gasteiger partial charge is 0.350 e. The van der Waals surface area contributed by atoms with Crippen molar-refractivity contribution in [3.63, 3.8) is 0 Å². The van der Waals surface area contributed by atoms with Crippen LogP contribution in [0.2, 0.25) is 0 Å². The van der Waals surface area contributed by atoms with Gasteiger partial charge in [0.1, 0.15) is 4.99 Å². The highest BCUT2D eigenvalue weighted by Gasteiger charge is 2.19. The van der Waals surface area contributed by atoms with Gasteiger partial charge >= 0.3 is 0 Å². The fourth-order valence-corrected chi connectivity index (χ4v) is 7.36. The van der Waals surface area contributed by atoms with Gasteiger partial charge in [0.25, 0.3) is 0 Å². The van der Waals surface area contributed by atoms with E-state index < -0.39 is 0 Å². The molecule has 0 atom stereocenters. The molecule has 1 heterocycles. The van der Waals surface area contributed by atoms with Crippen LogP contribution in [0.5, 0.6) is 0 Å². The minimum Gasteiger partial charge on any atom is -0.350 e. The number of nitrogens with zero attached hydrogens (tertiary/aromatic N) is 1. The molecule has 0 unspecified atom stereocenters. The van der Waals surface area contributed by atoms with Crippen molar-refractivity contribution in [2.75, 3.05) is 6.26 Å². The van der Waals surface area contributed by atoms with Gasteiger partial charge in [0.05, 0.1) is 5.69 Å². The van der Waals surface area contributed by atoms with Crippen molar-refractivity contribution in [3.05, 3.63) is 213 Å². The first-order valence-electron chi connectivity index (χ1n) is 19.9. The van der Waals surface area contributed by atoms with Gasteiger partial charge in [0, 0.05) is 46.4 Å². The number of aryl methyl sites for hydroxylation is 1. The number of terminal acetylenes is 1. The second kappa shape index (κ2) is 25.6. The zero-order chi connectivity index (χ0) is 42.3. The van der Waals surface area contributed by atoms with E-state index in [0.29, 0.717) is 0 Å². The van der Waals surface area contributed by atoms with Gasteiger partial charge in [0.15, 0.2) is 0 Å². The number of thioether (sulfide) groups is 1. The van der Waals surface area contributed by atoms with Gasteiger partial charge in [-0.2, -0.15) is 0 Å². The molecule has 0 saturated carbocycles. The Balaban J connectivity index is 0.000000284. The lowest BCUT2D eigenvalue weighted by Gasteiger charge is -2.10. The van der Waals surface area contributed by atoms with Gasteiger partial charge in [0.2, 0.25) is 0 Å². The second-order valence-corrected chi connectivity index (χ2v) is 14.7. The molecule has 3 aliphatic rings. The highest BCUT2D eigenvalue weighted by molar-refractivity contribution is 7.98. The summed E-state index contributed by atoms with van der Waals surface area (Å²) in [6.45, 7) is 16.4. The molecule has 0 radical (unpaired) electrons. The van der Waals surface area contributed by atoms with Crippen LogP contribution in [0, 0.1) is 19.3 Å². The lowest BCUT2D eigenvalue weighted by Crippen LogP contribution is -2.20. The zero-order valence-electron chi connectivity index (χ0n) is 35.7. The monoisotopic (exact) mass is 800 g/mol. The van der Waals surface area contributed by atoms with E-state index in [1.807, 2.05) is 69.3 Å². The van der Waals surface area contributed by atoms with Crippen LogP contribution >= 0.6 is 24.0 Å². The van der Waals surface area contributed by atoms with E-state index in [9.17, 15) is 0 Å². The first-order valence-corrected chi connectivity index (χ1v) is 21.6. The van der Waals surface area contributed by atoms with Crippen molar-refractivity contribution in [1.29, 1.82) is 0 Å². The molecule has 2 aromatic carbocycles. The molecule has 3 aromatic rings. The molecule has 0 spiro atoms. The van der Waals surface area contributed by atoms with Crippen molar-refractivity contribution < 1.29 is 0 Å². The fourth-order valence-electron chi connectivity index (χ4n) is 6.46. The molecule has 0 fully saturated rings. The molecule has 1 N–H and O–H groups in total. The van der Waals surface area contributed by atoms with Crippen LogP contribution in [0.25, 0.3) is 18.2 Å². The zero-order valence-corrected chi connectivity index (χ0v) is 37.3. The first kappa shape index (κ1) is 46.8. The van der Waals surface area contributed by atoms with E-state index >= 15 is 0 Å². The SMILES string of the molecule is C#C/C=C(\C=C/C)C1=CCC=CC(C)=C1.C=Cc1c2c(n(C)c1/C=C(\C)NC(=S)c1ccccc1)CC=CC(C1=CC=CC=CC1)=C2.CC.CSc1ccccc1C. The van der Waals surface area contributed by atoms with Crippen LogP contribution in [0.3, 0.4) is 0 Å². The summed E-state index contributed by atoms with van der Waals surface area (Å²) in [6, 6.07) is 18.4. The van der Waals surface area contributed by atoms with E-state index in [1.54, 1.807) is 17.8 Å². The Morgan fingerprint density at radius 1 is 0.948 bits per heavy atom. The highest BCUT2D eigenvalue weighted by atomic mass is 32.2. The summed E-state index contributed by atoms with van der Waals surface area (Å²) >= 11 is 7.39. The molecular weight excluding hydrogens is 741 g/mol. The molecule has 2 nitrogen and oxygen atoms in total. The average Bonchev–Trinajstić information content (AvgIpc) is 3.63. The number of fused-ring (bicyclic) bond motifs is 1. The highest BCUT2D eigenvalue weighted by Crippen LogP contribution is 2.33. The molecular formula is C54H60N2S2. The Hall–Kier alpha value is -5.60. The summed E-state index contributed by atoms with van der Waals surface area (Å²) in [5.74, 6) is 2.58. The quantitative estimate of drug-likeness (QED) is 0.106. The van der Waals surface area contributed by atoms with Crippen LogP contribution in [-0.4, -0.2) is 15.8 Å². The molecule has 0 aliphatic heterocycles. The van der Waals surface area contributed by atoms with E-state index in [2.05, 4.69) is 160 Å². The van der Waals surface area contributed by atoms with E-state index in [1.165, 1.54) is 44.0 Å². The molecule has 0 bridgehead atoms. The molecule has 6 rings (SSSR count). The number of benzene rings is 2. The number of rotatable bonds is 8. The number of nitrogens with one attached hydrogen (secondary N) is 1. The molecule has 0 amide bonds. The number of thiocarbonyl (C=S) groups is 1. The van der Waals surface area contributed by atoms with Crippen molar-refractivity contribution in [3.8, 4) is 12.3 Å². The summed E-state index contributed by atoms with van der Waals surface area (Å²) in [4.78, 5) is 2.10. The van der Waals surface area contributed by atoms with Gasteiger partial charge in [-0.25, -0.2) is 0 Å². The summed E-state index contributed by atoms with van der Waals surface area (Å²) in [5, 5.41) is 3.37. The molecule has 298 valence electrons. The Morgan fingerprint density at radius 2 is 1.69 bits per heavy atom. The van der Waals surface area contributed by atoms with Gasteiger partial charge in [-0.3, -0.25) is 0 Å². The smallest absolute Gasteiger partial charge is 0.110 e. The minimum absolute atomic E-state index is 0.724. The van der Waals surface area contributed by atoms with Crippen molar-refractivity contribution in [1.82, 2.24) is 9.88 Å². The normalized spacial score (nSPS) is 14.5. The van der Waals surface area contributed by atoms with Gasteiger partial charge in [-0.15, -0.1) is 18.2 Å². The third-order valence-corrected chi connectivity index (χ3v) is 10.5. The third kappa shape index (κ3) is 14.1. The van der Waals surface area contributed by atoms with Gasteiger partial charge in [-0.05, 0) is 98.9 Å². The van der Waals surface area contributed by atoms with Gasteiger partial charge < -0.3 is 9.88 Å². The number of hydrogen-bond acceptors (Lipinski definition) is 2. The van der Waals surface area contributed by atoms with Crippen LogP contribution in [0.15, 0.2) is 185 Å². The lowest BCUT2D eigenvalue weighted by atomic mass is 9.99. The second-order valence-electron chi connectivity index (χ2n) is 13.4.